The van der Waals surface area contributed by atoms with Gasteiger partial charge in [-0.15, -0.1) is 11.8 Å². The number of carbonyl (C=O) groups is 1. The Hall–Kier alpha value is 0.710. The molecule has 0 heterocycles. The number of carboxylic acids is 1. The Balaban J connectivity index is 4.57. The second-order valence-electron chi connectivity index (χ2n) is 2.42. The number of nitrogens with two attached hydrogens (primary N) is 1. The van der Waals surface area contributed by atoms with Crippen molar-refractivity contribution in [2.24, 2.45) is 5.73 Å². The molecule has 0 saturated carbocycles. The van der Waals surface area contributed by atoms with Crippen molar-refractivity contribution >= 4 is 75.7 Å². The Bertz CT molecular complexity index is 340. The fourth-order valence-corrected chi connectivity index (χ4v) is 2.19. The lowest BCUT2D eigenvalue weighted by Crippen LogP contribution is -2.32. The number of allylic oxidation sites excluding steroid dienone is 2. The lowest BCUT2D eigenvalue weighted by Gasteiger charge is -2.06. The summed E-state index contributed by atoms with van der Waals surface area (Å²) in [6.07, 6.45) is 0. The molecule has 0 saturated heterocycles. The van der Waals surface area contributed by atoms with Gasteiger partial charge in [0.1, 0.15) is 10.5 Å². The molecule has 92 valence electrons. The number of hydrogen-bond acceptors (Lipinski definition) is 3. The monoisotopic (exact) mass is 343 g/mol. The van der Waals surface area contributed by atoms with Gasteiger partial charge in [0, 0.05) is 5.75 Å². The summed E-state index contributed by atoms with van der Waals surface area (Å²) in [5, 5.41) is 8.37. The number of aliphatic carboxylic acids is 1. The van der Waals surface area contributed by atoms with E-state index in [1.165, 1.54) is 0 Å². The molecule has 0 unspecified atom stereocenters. The number of rotatable bonds is 5. The van der Waals surface area contributed by atoms with E-state index in [0.717, 1.165) is 11.8 Å². The SMILES string of the molecule is N[C@@H](CSC(Cl)=C(Cl)C(Cl)=C(Cl)Cl)C(=O)O. The molecule has 0 fully saturated rings. The van der Waals surface area contributed by atoms with E-state index in [1.54, 1.807) is 0 Å². The minimum absolute atomic E-state index is 0.0501. The zero-order valence-electron chi connectivity index (χ0n) is 7.52. The molecular weight excluding hydrogens is 339 g/mol. The molecule has 0 aliphatic rings. The van der Waals surface area contributed by atoms with Crippen molar-refractivity contribution in [3.05, 3.63) is 18.9 Å². The number of carboxylic acid groups (broad SMARTS) is 1. The smallest absolute Gasteiger partial charge is 0.321 e. The number of thioether (sulfide) groups is 1. The van der Waals surface area contributed by atoms with Crippen LogP contribution in [0.25, 0.3) is 0 Å². The van der Waals surface area contributed by atoms with Crippen LogP contribution in [0.15, 0.2) is 18.9 Å². The van der Waals surface area contributed by atoms with E-state index >= 15 is 0 Å². The van der Waals surface area contributed by atoms with Gasteiger partial charge in [-0.2, -0.15) is 0 Å². The fourth-order valence-electron chi connectivity index (χ4n) is 0.467. The van der Waals surface area contributed by atoms with Crippen LogP contribution in [0.3, 0.4) is 0 Å². The molecule has 0 spiro atoms. The molecule has 0 aliphatic carbocycles. The van der Waals surface area contributed by atoms with Crippen molar-refractivity contribution in [1.82, 2.24) is 0 Å². The third-order valence-electron chi connectivity index (χ3n) is 1.24. The topological polar surface area (TPSA) is 63.3 Å². The Morgan fingerprint density at radius 2 is 1.69 bits per heavy atom. The van der Waals surface area contributed by atoms with Gasteiger partial charge in [-0.3, -0.25) is 4.79 Å². The van der Waals surface area contributed by atoms with Crippen molar-refractivity contribution in [2.45, 2.75) is 6.04 Å². The highest BCUT2D eigenvalue weighted by Crippen LogP contribution is 2.36. The van der Waals surface area contributed by atoms with Crippen LogP contribution >= 0.6 is 69.8 Å². The number of hydrogen-bond donors (Lipinski definition) is 2. The van der Waals surface area contributed by atoms with E-state index in [1.807, 2.05) is 0 Å². The molecule has 0 rings (SSSR count). The lowest BCUT2D eigenvalue weighted by molar-refractivity contribution is -0.137. The van der Waals surface area contributed by atoms with E-state index in [9.17, 15) is 4.79 Å². The highest BCUT2D eigenvalue weighted by atomic mass is 35.5. The predicted molar refractivity (Wildman–Crippen MR) is 71.4 cm³/mol. The van der Waals surface area contributed by atoms with Crippen LogP contribution < -0.4 is 5.73 Å². The Morgan fingerprint density at radius 3 is 2.06 bits per heavy atom. The molecule has 3 N–H and O–H groups in total. The molecule has 3 nitrogen and oxygen atoms in total. The average Bonchev–Trinajstić information content (AvgIpc) is 2.22. The minimum Gasteiger partial charge on any atom is -0.480 e. The van der Waals surface area contributed by atoms with Crippen LogP contribution in [0.5, 0.6) is 0 Å². The van der Waals surface area contributed by atoms with E-state index in [2.05, 4.69) is 0 Å². The maximum absolute atomic E-state index is 10.4. The first-order valence-corrected chi connectivity index (χ1v) is 6.52. The van der Waals surface area contributed by atoms with Crippen LogP contribution in [0.4, 0.5) is 0 Å². The molecule has 0 aromatic heterocycles. The maximum atomic E-state index is 10.4. The summed E-state index contributed by atoms with van der Waals surface area (Å²) in [6.45, 7) is 0. The van der Waals surface area contributed by atoms with Crippen LogP contribution in [-0.4, -0.2) is 22.9 Å². The van der Waals surface area contributed by atoms with Gasteiger partial charge in [0.25, 0.3) is 0 Å². The van der Waals surface area contributed by atoms with Gasteiger partial charge < -0.3 is 10.8 Å². The van der Waals surface area contributed by atoms with Crippen LogP contribution in [-0.2, 0) is 4.79 Å². The van der Waals surface area contributed by atoms with E-state index in [0.29, 0.717) is 0 Å². The van der Waals surface area contributed by atoms with Crippen molar-refractivity contribution in [2.75, 3.05) is 5.75 Å². The summed E-state index contributed by atoms with van der Waals surface area (Å²) in [5.41, 5.74) is 5.26. The Kier molecular flexibility index (Phi) is 8.28. The van der Waals surface area contributed by atoms with Crippen molar-refractivity contribution in [3.63, 3.8) is 0 Å². The second-order valence-corrected chi connectivity index (χ2v) is 5.76. The Morgan fingerprint density at radius 1 is 1.19 bits per heavy atom. The summed E-state index contributed by atoms with van der Waals surface area (Å²) in [7, 11) is 0. The molecule has 0 bridgehead atoms. The summed E-state index contributed by atoms with van der Waals surface area (Å²) in [5.74, 6) is -1.08. The molecule has 0 aliphatic heterocycles. The summed E-state index contributed by atoms with van der Waals surface area (Å²) < 4.78 is -0.157. The van der Waals surface area contributed by atoms with Gasteiger partial charge in [0.2, 0.25) is 0 Å². The standard InChI is InChI=1S/C7H6Cl5NO2S/c8-3(5(10)11)4(9)6(12)16-1-2(13)7(14)15/h2H,1,13H2,(H,14,15)/t2-/m0/s1. The third kappa shape index (κ3) is 5.87. The van der Waals surface area contributed by atoms with Gasteiger partial charge in [0.05, 0.1) is 14.4 Å². The highest BCUT2D eigenvalue weighted by Gasteiger charge is 2.15. The molecule has 16 heavy (non-hydrogen) atoms. The van der Waals surface area contributed by atoms with Crippen LogP contribution in [0.2, 0.25) is 0 Å². The maximum Gasteiger partial charge on any atom is 0.321 e. The van der Waals surface area contributed by atoms with E-state index in [-0.39, 0.29) is 24.7 Å². The van der Waals surface area contributed by atoms with E-state index < -0.39 is 12.0 Å². The largest absolute Gasteiger partial charge is 0.480 e. The van der Waals surface area contributed by atoms with Crippen molar-refractivity contribution in [3.8, 4) is 0 Å². The first-order chi connectivity index (χ1) is 7.27. The first-order valence-electron chi connectivity index (χ1n) is 3.65. The Labute approximate surface area is 121 Å². The molecule has 9 heteroatoms. The summed E-state index contributed by atoms with van der Waals surface area (Å²) in [4.78, 5) is 10.4. The van der Waals surface area contributed by atoms with Gasteiger partial charge in [-0.25, -0.2) is 0 Å². The zero-order valence-corrected chi connectivity index (χ0v) is 12.1. The molecule has 0 amide bonds. The van der Waals surface area contributed by atoms with Crippen molar-refractivity contribution < 1.29 is 9.90 Å². The van der Waals surface area contributed by atoms with Gasteiger partial charge in [-0.05, 0) is 0 Å². The average molecular weight is 345 g/mol. The predicted octanol–water partition coefficient (Wildman–Crippen LogP) is 3.66. The minimum atomic E-state index is -1.13. The first kappa shape index (κ1) is 16.7. The lowest BCUT2D eigenvalue weighted by atomic mass is 10.4. The van der Waals surface area contributed by atoms with Crippen molar-refractivity contribution in [1.29, 1.82) is 0 Å². The van der Waals surface area contributed by atoms with Gasteiger partial charge in [-0.1, -0.05) is 58.0 Å². The van der Waals surface area contributed by atoms with Crippen LogP contribution in [0.1, 0.15) is 0 Å². The van der Waals surface area contributed by atoms with Gasteiger partial charge >= 0.3 is 5.97 Å². The third-order valence-corrected chi connectivity index (χ3v) is 4.37. The summed E-state index contributed by atoms with van der Waals surface area (Å²) >= 11 is 28.8. The summed E-state index contributed by atoms with van der Waals surface area (Å²) in [6, 6.07) is -1.04. The molecule has 0 aromatic rings. The fraction of sp³-hybridized carbons (Fsp3) is 0.286. The molecule has 1 atom stereocenters. The van der Waals surface area contributed by atoms with Gasteiger partial charge in [0.15, 0.2) is 0 Å². The number of halogens is 5. The second kappa shape index (κ2) is 7.93. The quantitative estimate of drug-likeness (QED) is 0.747. The molecular formula is C7H6Cl5NO2S. The van der Waals surface area contributed by atoms with E-state index in [4.69, 9.17) is 68.8 Å². The molecule has 0 radical (unpaired) electrons. The zero-order chi connectivity index (χ0) is 12.9. The van der Waals surface area contributed by atoms with Crippen LogP contribution in [0, 0.1) is 0 Å². The molecule has 0 aromatic carbocycles. The normalized spacial score (nSPS) is 14.1. The highest BCUT2D eigenvalue weighted by molar-refractivity contribution is 8.04.